The lowest BCUT2D eigenvalue weighted by atomic mass is 9.70. The number of rotatable bonds is 6. The van der Waals surface area contributed by atoms with Crippen LogP contribution in [0.3, 0.4) is 0 Å². The highest BCUT2D eigenvalue weighted by Crippen LogP contribution is 2.40. The van der Waals surface area contributed by atoms with Gasteiger partial charge in [0.25, 0.3) is 0 Å². The molecule has 0 spiro atoms. The Labute approximate surface area is 122 Å². The molecule has 0 saturated heterocycles. The van der Waals surface area contributed by atoms with Crippen LogP contribution in [0.1, 0.15) is 50.8 Å². The zero-order valence-corrected chi connectivity index (χ0v) is 13.2. The van der Waals surface area contributed by atoms with Crippen molar-refractivity contribution in [2.24, 2.45) is 11.7 Å². The Kier molecular flexibility index (Phi) is 5.43. The molecule has 0 aliphatic heterocycles. The smallest absolute Gasteiger partial charge is 0.0363 e. The van der Waals surface area contributed by atoms with Crippen LogP contribution in [0, 0.1) is 5.92 Å². The second-order valence-corrected chi connectivity index (χ2v) is 6.78. The van der Waals surface area contributed by atoms with Gasteiger partial charge in [-0.15, -0.1) is 11.3 Å². The van der Waals surface area contributed by atoms with Crippen LogP contribution in [0.15, 0.2) is 17.5 Å². The van der Waals surface area contributed by atoms with Gasteiger partial charge in [0.2, 0.25) is 0 Å². The molecule has 1 aliphatic rings. The monoisotopic (exact) mass is 280 g/mol. The van der Waals surface area contributed by atoms with Crippen LogP contribution in [0.5, 0.6) is 0 Å². The Balaban J connectivity index is 2.20. The molecule has 0 bridgehead atoms. The van der Waals surface area contributed by atoms with Crippen molar-refractivity contribution in [2.75, 3.05) is 13.1 Å². The molecule has 1 saturated carbocycles. The summed E-state index contributed by atoms with van der Waals surface area (Å²) in [4.78, 5) is 4.13. The Bertz CT molecular complexity index is 363. The van der Waals surface area contributed by atoms with E-state index in [-0.39, 0.29) is 5.54 Å². The fourth-order valence-electron chi connectivity index (χ4n) is 3.87. The molecule has 19 heavy (non-hydrogen) atoms. The molecule has 108 valence electrons. The lowest BCUT2D eigenvalue weighted by molar-refractivity contribution is 0.00206. The molecule has 0 radical (unpaired) electrons. The van der Waals surface area contributed by atoms with Gasteiger partial charge in [-0.3, -0.25) is 4.90 Å². The summed E-state index contributed by atoms with van der Waals surface area (Å²) in [5.41, 5.74) is 6.51. The SMILES string of the molecule is CCC1CCCCC1(CN)N(CC)Cc1cccs1. The van der Waals surface area contributed by atoms with E-state index in [0.29, 0.717) is 0 Å². The van der Waals surface area contributed by atoms with Crippen LogP contribution in [0.4, 0.5) is 0 Å². The van der Waals surface area contributed by atoms with Crippen LogP contribution in [0.25, 0.3) is 0 Å². The van der Waals surface area contributed by atoms with Crippen LogP contribution in [-0.4, -0.2) is 23.5 Å². The van der Waals surface area contributed by atoms with Gasteiger partial charge in [0.1, 0.15) is 0 Å². The predicted molar refractivity (Wildman–Crippen MR) is 84.4 cm³/mol. The molecule has 1 fully saturated rings. The molecule has 2 atom stereocenters. The molecule has 1 aromatic heterocycles. The van der Waals surface area contributed by atoms with Gasteiger partial charge in [-0.2, -0.15) is 0 Å². The fourth-order valence-corrected chi connectivity index (χ4v) is 4.59. The van der Waals surface area contributed by atoms with Gasteiger partial charge in [-0.05, 0) is 36.8 Å². The average Bonchev–Trinajstić information content (AvgIpc) is 2.97. The highest BCUT2D eigenvalue weighted by Gasteiger charge is 2.42. The van der Waals surface area contributed by atoms with E-state index >= 15 is 0 Å². The summed E-state index contributed by atoms with van der Waals surface area (Å²) in [5.74, 6) is 0.770. The largest absolute Gasteiger partial charge is 0.329 e. The normalized spacial score (nSPS) is 27.9. The lowest BCUT2D eigenvalue weighted by Gasteiger charge is -2.51. The van der Waals surface area contributed by atoms with E-state index in [1.54, 1.807) is 0 Å². The Morgan fingerprint density at radius 3 is 2.84 bits per heavy atom. The number of hydrogen-bond donors (Lipinski definition) is 1. The van der Waals surface area contributed by atoms with E-state index in [2.05, 4.69) is 36.3 Å². The molecule has 2 unspecified atom stereocenters. The molecule has 2 nitrogen and oxygen atoms in total. The number of likely N-dealkylation sites (N-methyl/N-ethyl adjacent to an activating group) is 1. The number of nitrogens with two attached hydrogens (primary N) is 1. The highest BCUT2D eigenvalue weighted by atomic mass is 32.1. The minimum Gasteiger partial charge on any atom is -0.329 e. The van der Waals surface area contributed by atoms with Crippen molar-refractivity contribution in [3.63, 3.8) is 0 Å². The summed E-state index contributed by atoms with van der Waals surface area (Å²) in [6.07, 6.45) is 6.62. The first-order valence-electron chi connectivity index (χ1n) is 7.74. The molecule has 2 N–H and O–H groups in total. The zero-order valence-electron chi connectivity index (χ0n) is 12.4. The molecule has 2 rings (SSSR count). The third-order valence-electron chi connectivity index (χ3n) is 4.96. The van der Waals surface area contributed by atoms with Gasteiger partial charge in [0.05, 0.1) is 0 Å². The van der Waals surface area contributed by atoms with E-state index in [9.17, 15) is 0 Å². The molecule has 1 heterocycles. The standard InChI is InChI=1S/C16H28N2S/c1-3-14-8-5-6-10-16(14,13-17)18(4-2)12-15-9-7-11-19-15/h7,9,11,14H,3-6,8,10,12-13,17H2,1-2H3. The van der Waals surface area contributed by atoms with Crippen LogP contribution in [-0.2, 0) is 6.54 Å². The van der Waals surface area contributed by atoms with Crippen molar-refractivity contribution in [3.8, 4) is 0 Å². The maximum absolute atomic E-state index is 6.27. The number of hydrogen-bond acceptors (Lipinski definition) is 3. The summed E-state index contributed by atoms with van der Waals surface area (Å²) in [6.45, 7) is 7.60. The number of thiophene rings is 1. The second kappa shape index (κ2) is 6.87. The average molecular weight is 280 g/mol. The molecule has 1 aliphatic carbocycles. The maximum atomic E-state index is 6.27. The summed E-state index contributed by atoms with van der Waals surface area (Å²) < 4.78 is 0. The first-order chi connectivity index (χ1) is 9.26. The molecule has 0 aromatic carbocycles. The molecular weight excluding hydrogens is 252 g/mol. The quantitative estimate of drug-likeness (QED) is 0.857. The van der Waals surface area contributed by atoms with Crippen molar-refractivity contribution in [3.05, 3.63) is 22.4 Å². The van der Waals surface area contributed by atoms with E-state index in [0.717, 1.165) is 25.6 Å². The van der Waals surface area contributed by atoms with Crippen LogP contribution < -0.4 is 5.73 Å². The Morgan fingerprint density at radius 1 is 1.42 bits per heavy atom. The van der Waals surface area contributed by atoms with E-state index in [4.69, 9.17) is 5.73 Å². The van der Waals surface area contributed by atoms with Crippen molar-refractivity contribution in [1.29, 1.82) is 0 Å². The summed E-state index contributed by atoms with van der Waals surface area (Å²) in [7, 11) is 0. The minimum absolute atomic E-state index is 0.242. The molecule has 1 aromatic rings. The fraction of sp³-hybridized carbons (Fsp3) is 0.750. The maximum Gasteiger partial charge on any atom is 0.0363 e. The van der Waals surface area contributed by atoms with Crippen molar-refractivity contribution >= 4 is 11.3 Å². The third-order valence-corrected chi connectivity index (χ3v) is 5.82. The molecule has 3 heteroatoms. The lowest BCUT2D eigenvalue weighted by Crippen LogP contribution is -2.59. The van der Waals surface area contributed by atoms with E-state index < -0.39 is 0 Å². The summed E-state index contributed by atoms with van der Waals surface area (Å²) in [6, 6.07) is 4.41. The third kappa shape index (κ3) is 3.04. The predicted octanol–water partition coefficient (Wildman–Crippen LogP) is 3.87. The number of nitrogens with zero attached hydrogens (tertiary/aromatic N) is 1. The van der Waals surface area contributed by atoms with Gasteiger partial charge in [-0.25, -0.2) is 0 Å². The molecule has 0 amide bonds. The second-order valence-electron chi connectivity index (χ2n) is 5.75. The van der Waals surface area contributed by atoms with Gasteiger partial charge < -0.3 is 5.73 Å². The summed E-state index contributed by atoms with van der Waals surface area (Å²) >= 11 is 1.87. The topological polar surface area (TPSA) is 29.3 Å². The van der Waals surface area contributed by atoms with Crippen molar-refractivity contribution < 1.29 is 0 Å². The van der Waals surface area contributed by atoms with Gasteiger partial charge in [0, 0.05) is 23.5 Å². The first kappa shape index (κ1) is 15.0. The molecular formula is C16H28N2S. The van der Waals surface area contributed by atoms with Crippen LogP contribution >= 0.6 is 11.3 Å². The first-order valence-corrected chi connectivity index (χ1v) is 8.62. The van der Waals surface area contributed by atoms with Crippen molar-refractivity contribution in [1.82, 2.24) is 4.90 Å². The van der Waals surface area contributed by atoms with Crippen molar-refractivity contribution in [2.45, 2.75) is 58.0 Å². The van der Waals surface area contributed by atoms with E-state index in [1.807, 2.05) is 11.3 Å². The minimum atomic E-state index is 0.242. The van der Waals surface area contributed by atoms with Gasteiger partial charge in [0.15, 0.2) is 0 Å². The van der Waals surface area contributed by atoms with Gasteiger partial charge >= 0.3 is 0 Å². The Hall–Kier alpha value is -0.380. The highest BCUT2D eigenvalue weighted by molar-refractivity contribution is 7.09. The van der Waals surface area contributed by atoms with Crippen LogP contribution in [0.2, 0.25) is 0 Å². The van der Waals surface area contributed by atoms with E-state index in [1.165, 1.54) is 37.0 Å². The Morgan fingerprint density at radius 2 is 2.26 bits per heavy atom. The zero-order chi connectivity index (χ0) is 13.7. The summed E-state index contributed by atoms with van der Waals surface area (Å²) in [5, 5.41) is 2.18. The van der Waals surface area contributed by atoms with Gasteiger partial charge in [-0.1, -0.05) is 39.2 Å².